The Bertz CT molecular complexity index is 245. The number of rotatable bonds is 7. The minimum atomic E-state index is -2.74. The predicted octanol–water partition coefficient (Wildman–Crippen LogP) is 1.12. The zero-order chi connectivity index (χ0) is 14.2. The molecule has 0 aromatic heterocycles. The van der Waals surface area contributed by atoms with E-state index in [1.54, 1.807) is 20.8 Å². The highest BCUT2D eigenvalue weighted by Crippen LogP contribution is 2.06. The molecule has 1 unspecified atom stereocenters. The van der Waals surface area contributed by atoms with Crippen LogP contribution in [0.5, 0.6) is 0 Å². The summed E-state index contributed by atoms with van der Waals surface area (Å²) in [5, 5.41) is 14.0. The lowest BCUT2D eigenvalue weighted by molar-refractivity contribution is -0.00315. The number of hydrogen-bond acceptors (Lipinski definition) is 4. The summed E-state index contributed by atoms with van der Waals surface area (Å²) in [6.45, 7) is 5.94. The molecule has 108 valence electrons. The molecule has 1 atom stereocenters. The molecule has 0 heterocycles. The third-order valence-corrected chi connectivity index (χ3v) is 1.84. The number of amides is 1. The molecular weight excluding hydrogens is 246 g/mol. The van der Waals surface area contributed by atoms with Gasteiger partial charge in [-0.3, -0.25) is 0 Å². The SMILES string of the molecule is CC(C)(C)OC(=O)NCCCNCC(O)C(F)F. The van der Waals surface area contributed by atoms with Gasteiger partial charge in [-0.2, -0.15) is 0 Å². The molecule has 0 saturated carbocycles. The number of alkyl halides is 2. The fourth-order valence-electron chi connectivity index (χ4n) is 1.06. The van der Waals surface area contributed by atoms with Crippen LogP contribution in [0.1, 0.15) is 27.2 Å². The van der Waals surface area contributed by atoms with E-state index in [0.717, 1.165) is 0 Å². The van der Waals surface area contributed by atoms with Crippen molar-refractivity contribution in [2.24, 2.45) is 0 Å². The molecule has 7 heteroatoms. The highest BCUT2D eigenvalue weighted by atomic mass is 19.3. The second-order valence-electron chi connectivity index (χ2n) is 4.89. The molecule has 1 amide bonds. The lowest BCUT2D eigenvalue weighted by atomic mass is 10.2. The van der Waals surface area contributed by atoms with E-state index >= 15 is 0 Å². The molecule has 0 rings (SSSR count). The predicted molar refractivity (Wildman–Crippen MR) is 63.7 cm³/mol. The number of nitrogens with one attached hydrogen (secondary N) is 2. The summed E-state index contributed by atoms with van der Waals surface area (Å²) in [5.74, 6) is 0. The largest absolute Gasteiger partial charge is 0.444 e. The molecule has 0 spiro atoms. The first-order valence-electron chi connectivity index (χ1n) is 5.86. The monoisotopic (exact) mass is 268 g/mol. The molecule has 0 aliphatic carbocycles. The Kier molecular flexibility index (Phi) is 7.77. The zero-order valence-corrected chi connectivity index (χ0v) is 11.0. The molecule has 18 heavy (non-hydrogen) atoms. The highest BCUT2D eigenvalue weighted by molar-refractivity contribution is 5.67. The van der Waals surface area contributed by atoms with E-state index in [4.69, 9.17) is 9.84 Å². The van der Waals surface area contributed by atoms with Crippen LogP contribution in [0.3, 0.4) is 0 Å². The molecular formula is C11H22F2N2O3. The van der Waals surface area contributed by atoms with Gasteiger partial charge in [-0.15, -0.1) is 0 Å². The van der Waals surface area contributed by atoms with Crippen molar-refractivity contribution in [3.05, 3.63) is 0 Å². The maximum Gasteiger partial charge on any atom is 0.407 e. The Morgan fingerprint density at radius 2 is 1.94 bits per heavy atom. The van der Waals surface area contributed by atoms with Crippen molar-refractivity contribution in [2.45, 2.75) is 45.3 Å². The molecule has 0 bridgehead atoms. The van der Waals surface area contributed by atoms with Gasteiger partial charge in [-0.05, 0) is 33.7 Å². The Labute approximate surface area is 106 Å². The van der Waals surface area contributed by atoms with Crippen molar-refractivity contribution in [2.75, 3.05) is 19.6 Å². The Balaban J connectivity index is 3.44. The van der Waals surface area contributed by atoms with Crippen molar-refractivity contribution in [3.8, 4) is 0 Å². The van der Waals surface area contributed by atoms with Crippen LogP contribution >= 0.6 is 0 Å². The molecule has 0 saturated heterocycles. The summed E-state index contributed by atoms with van der Waals surface area (Å²) in [7, 11) is 0. The first-order valence-corrected chi connectivity index (χ1v) is 5.86. The van der Waals surface area contributed by atoms with Gasteiger partial charge in [0.15, 0.2) is 0 Å². The maximum atomic E-state index is 11.9. The molecule has 0 fully saturated rings. The third-order valence-electron chi connectivity index (χ3n) is 1.84. The van der Waals surface area contributed by atoms with Gasteiger partial charge in [0.05, 0.1) is 0 Å². The molecule has 0 aliphatic heterocycles. The third kappa shape index (κ3) is 10.2. The van der Waals surface area contributed by atoms with E-state index in [9.17, 15) is 13.6 Å². The van der Waals surface area contributed by atoms with Gasteiger partial charge in [-0.1, -0.05) is 0 Å². The number of aliphatic hydroxyl groups excluding tert-OH is 1. The van der Waals surface area contributed by atoms with Crippen LogP contribution in [-0.2, 0) is 4.74 Å². The van der Waals surface area contributed by atoms with Crippen LogP contribution in [-0.4, -0.2) is 49.0 Å². The summed E-state index contributed by atoms with van der Waals surface area (Å²) in [6.07, 6.45) is -4.33. The second kappa shape index (κ2) is 8.20. The van der Waals surface area contributed by atoms with Crippen LogP contribution in [0.15, 0.2) is 0 Å². The van der Waals surface area contributed by atoms with E-state index in [1.807, 2.05) is 0 Å². The van der Waals surface area contributed by atoms with E-state index in [1.165, 1.54) is 0 Å². The van der Waals surface area contributed by atoms with Crippen molar-refractivity contribution in [3.63, 3.8) is 0 Å². The molecule has 3 N–H and O–H groups in total. The number of carbonyl (C=O) groups is 1. The van der Waals surface area contributed by atoms with Crippen LogP contribution in [0, 0.1) is 0 Å². The Hall–Kier alpha value is -0.950. The molecule has 0 radical (unpaired) electrons. The number of alkyl carbamates (subject to hydrolysis) is 1. The maximum absolute atomic E-state index is 11.9. The topological polar surface area (TPSA) is 70.6 Å². The van der Waals surface area contributed by atoms with Gasteiger partial charge < -0.3 is 20.5 Å². The average Bonchev–Trinajstić information content (AvgIpc) is 2.19. The van der Waals surface area contributed by atoms with Crippen molar-refractivity contribution in [1.82, 2.24) is 10.6 Å². The van der Waals surface area contributed by atoms with Gasteiger partial charge in [0, 0.05) is 13.1 Å². The van der Waals surface area contributed by atoms with Crippen molar-refractivity contribution in [1.29, 1.82) is 0 Å². The van der Waals surface area contributed by atoms with Crippen LogP contribution in [0.25, 0.3) is 0 Å². The van der Waals surface area contributed by atoms with Gasteiger partial charge >= 0.3 is 6.09 Å². The van der Waals surface area contributed by atoms with Crippen LogP contribution in [0.2, 0.25) is 0 Å². The average molecular weight is 268 g/mol. The van der Waals surface area contributed by atoms with Crippen molar-refractivity contribution >= 4 is 6.09 Å². The quantitative estimate of drug-likeness (QED) is 0.605. The first-order chi connectivity index (χ1) is 8.22. The number of halogens is 2. The van der Waals surface area contributed by atoms with Crippen molar-refractivity contribution < 1.29 is 23.4 Å². The smallest absolute Gasteiger partial charge is 0.407 e. The van der Waals surface area contributed by atoms with Gasteiger partial charge in [0.2, 0.25) is 0 Å². The molecule has 0 aromatic rings. The minimum absolute atomic E-state index is 0.163. The highest BCUT2D eigenvalue weighted by Gasteiger charge is 2.16. The zero-order valence-electron chi connectivity index (χ0n) is 11.0. The van der Waals surface area contributed by atoms with E-state index in [0.29, 0.717) is 19.5 Å². The molecule has 0 aliphatic rings. The number of aliphatic hydroxyl groups is 1. The Morgan fingerprint density at radius 1 is 1.33 bits per heavy atom. The van der Waals surface area contributed by atoms with Gasteiger partial charge in [0.25, 0.3) is 6.43 Å². The second-order valence-corrected chi connectivity index (χ2v) is 4.89. The normalized spacial score (nSPS) is 13.5. The lowest BCUT2D eigenvalue weighted by Gasteiger charge is -2.19. The first kappa shape index (κ1) is 17.1. The summed E-state index contributed by atoms with van der Waals surface area (Å²) in [5.41, 5.74) is -0.538. The van der Waals surface area contributed by atoms with Crippen LogP contribution < -0.4 is 10.6 Å². The fraction of sp³-hybridized carbons (Fsp3) is 0.909. The summed E-state index contributed by atoms with van der Waals surface area (Å²) < 4.78 is 28.8. The van der Waals surface area contributed by atoms with Crippen LogP contribution in [0.4, 0.5) is 13.6 Å². The summed E-state index contributed by atoms with van der Waals surface area (Å²) in [6, 6.07) is 0. The minimum Gasteiger partial charge on any atom is -0.444 e. The molecule has 0 aromatic carbocycles. The van der Waals surface area contributed by atoms with E-state index in [2.05, 4.69) is 10.6 Å². The summed E-state index contributed by atoms with van der Waals surface area (Å²) >= 11 is 0. The van der Waals surface area contributed by atoms with Gasteiger partial charge in [-0.25, -0.2) is 13.6 Å². The van der Waals surface area contributed by atoms with E-state index < -0.39 is 24.2 Å². The standard InChI is InChI=1S/C11H22F2N2O3/c1-11(2,3)18-10(17)15-6-4-5-14-7-8(16)9(12)13/h8-9,14,16H,4-7H2,1-3H3,(H,15,17). The number of ether oxygens (including phenoxy) is 1. The number of carbonyl (C=O) groups excluding carboxylic acids is 1. The Morgan fingerprint density at radius 3 is 2.44 bits per heavy atom. The lowest BCUT2D eigenvalue weighted by Crippen LogP contribution is -2.35. The van der Waals surface area contributed by atoms with E-state index in [-0.39, 0.29) is 6.54 Å². The molecule has 5 nitrogen and oxygen atoms in total. The van der Waals surface area contributed by atoms with Gasteiger partial charge in [0.1, 0.15) is 11.7 Å². The fourth-order valence-corrected chi connectivity index (χ4v) is 1.06. The number of hydrogen-bond donors (Lipinski definition) is 3. The summed E-state index contributed by atoms with van der Waals surface area (Å²) in [4.78, 5) is 11.2.